The molecule has 0 saturated carbocycles. The fourth-order valence-corrected chi connectivity index (χ4v) is 2.51. The van der Waals surface area contributed by atoms with E-state index in [0.29, 0.717) is 10.0 Å². The summed E-state index contributed by atoms with van der Waals surface area (Å²) in [6, 6.07) is 7.31. The minimum Gasteiger partial charge on any atom is -0.507 e. The van der Waals surface area contributed by atoms with Crippen molar-refractivity contribution in [2.45, 2.75) is 0 Å². The molecule has 1 aromatic carbocycles. The molecule has 0 spiro atoms. The molecule has 0 aliphatic rings. The van der Waals surface area contributed by atoms with Crippen molar-refractivity contribution < 1.29 is 19.8 Å². The lowest BCUT2D eigenvalue weighted by Gasteiger charge is -2.04. The molecule has 21 heavy (non-hydrogen) atoms. The Morgan fingerprint density at radius 2 is 2.00 bits per heavy atom. The zero-order chi connectivity index (χ0) is 15.4. The third-order valence-corrected chi connectivity index (χ3v) is 3.69. The Balaban J connectivity index is 2.04. The first-order valence-electron chi connectivity index (χ1n) is 5.76. The van der Waals surface area contributed by atoms with Crippen molar-refractivity contribution in [3.8, 4) is 5.75 Å². The number of aromatic hydroxyl groups is 1. The van der Waals surface area contributed by atoms with E-state index in [-0.39, 0.29) is 5.56 Å². The van der Waals surface area contributed by atoms with E-state index in [1.54, 1.807) is 18.2 Å². The van der Waals surface area contributed by atoms with E-state index >= 15 is 0 Å². The molecular weight excluding hydrogens is 314 g/mol. The zero-order valence-electron chi connectivity index (χ0n) is 10.5. The third-order valence-electron chi connectivity index (χ3n) is 2.49. The number of anilines is 1. The number of carboxylic acid groups (broad SMARTS) is 1. The van der Waals surface area contributed by atoms with Crippen molar-refractivity contribution in [2.75, 3.05) is 5.32 Å². The van der Waals surface area contributed by atoms with Crippen molar-refractivity contribution in [1.29, 1.82) is 0 Å². The Bertz CT molecular complexity index is 724. The second-order valence-corrected chi connectivity index (χ2v) is 5.75. The van der Waals surface area contributed by atoms with Gasteiger partial charge in [-0.05, 0) is 30.3 Å². The average molecular weight is 324 g/mol. The van der Waals surface area contributed by atoms with Crippen molar-refractivity contribution in [3.63, 3.8) is 0 Å². The highest BCUT2D eigenvalue weighted by Crippen LogP contribution is 2.23. The second-order valence-electron chi connectivity index (χ2n) is 4.00. The summed E-state index contributed by atoms with van der Waals surface area (Å²) in [6.45, 7) is 0. The minimum absolute atomic E-state index is 0.225. The number of benzene rings is 1. The maximum atomic E-state index is 11.7. The summed E-state index contributed by atoms with van der Waals surface area (Å²) in [5, 5.41) is 20.8. The number of hydrogen-bond donors (Lipinski definition) is 3. The lowest BCUT2D eigenvalue weighted by molar-refractivity contribution is -0.111. The molecule has 0 unspecified atom stereocenters. The first-order chi connectivity index (χ1) is 9.95. The zero-order valence-corrected chi connectivity index (χ0v) is 12.1. The lowest BCUT2D eigenvalue weighted by Crippen LogP contribution is -2.08. The fourth-order valence-electron chi connectivity index (χ4n) is 1.55. The van der Waals surface area contributed by atoms with E-state index in [1.165, 1.54) is 35.6 Å². The molecule has 0 aliphatic carbocycles. The summed E-state index contributed by atoms with van der Waals surface area (Å²) in [6.07, 6.45) is 2.93. The summed E-state index contributed by atoms with van der Waals surface area (Å²) in [4.78, 5) is 23.3. The molecule has 2 rings (SSSR count). The van der Waals surface area contributed by atoms with Gasteiger partial charge in [0.1, 0.15) is 11.3 Å². The lowest BCUT2D eigenvalue weighted by atomic mass is 10.2. The standard InChI is InChI=1S/C14H10ClNO4S/c15-12-5-2-9(21-12)3-6-13(18)16-8-1-4-10(14(19)20)11(17)7-8/h1-7,17H,(H,16,18)(H,19,20)/b6-3+. The summed E-state index contributed by atoms with van der Waals surface area (Å²) in [5.41, 5.74) is 0.0770. The summed E-state index contributed by atoms with van der Waals surface area (Å²) < 4.78 is 0.629. The van der Waals surface area contributed by atoms with Gasteiger partial charge >= 0.3 is 5.97 Å². The van der Waals surface area contributed by atoms with Gasteiger partial charge in [0.2, 0.25) is 5.91 Å². The quantitative estimate of drug-likeness (QED) is 0.752. The van der Waals surface area contributed by atoms with Gasteiger partial charge in [0.05, 0.1) is 4.34 Å². The number of halogens is 1. The molecule has 108 valence electrons. The van der Waals surface area contributed by atoms with E-state index in [4.69, 9.17) is 16.7 Å². The number of carbonyl (C=O) groups is 2. The monoisotopic (exact) mass is 323 g/mol. The van der Waals surface area contributed by atoms with E-state index < -0.39 is 17.6 Å². The van der Waals surface area contributed by atoms with Crippen LogP contribution in [0.25, 0.3) is 6.08 Å². The number of carboxylic acids is 1. The van der Waals surface area contributed by atoms with Gasteiger partial charge in [0.15, 0.2) is 0 Å². The van der Waals surface area contributed by atoms with Gasteiger partial charge in [-0.2, -0.15) is 0 Å². The molecule has 0 radical (unpaired) electrons. The van der Waals surface area contributed by atoms with E-state index in [0.717, 1.165) is 4.88 Å². The molecule has 0 aliphatic heterocycles. The van der Waals surface area contributed by atoms with Crippen LogP contribution in [0.5, 0.6) is 5.75 Å². The molecule has 7 heteroatoms. The molecular formula is C14H10ClNO4S. The van der Waals surface area contributed by atoms with Crippen LogP contribution in [0.2, 0.25) is 4.34 Å². The van der Waals surface area contributed by atoms with Crippen LogP contribution >= 0.6 is 22.9 Å². The number of amides is 1. The van der Waals surface area contributed by atoms with Crippen molar-refractivity contribution in [3.05, 3.63) is 51.2 Å². The summed E-state index contributed by atoms with van der Waals surface area (Å²) in [7, 11) is 0. The number of rotatable bonds is 4. The van der Waals surface area contributed by atoms with Crippen LogP contribution < -0.4 is 5.32 Å². The van der Waals surface area contributed by atoms with Crippen LogP contribution in [0, 0.1) is 0 Å². The predicted molar refractivity (Wildman–Crippen MR) is 82.1 cm³/mol. The Labute approximate surface area is 129 Å². The largest absolute Gasteiger partial charge is 0.507 e. The Kier molecular flexibility index (Phi) is 4.62. The molecule has 3 N–H and O–H groups in total. The molecule has 1 heterocycles. The number of thiophene rings is 1. The Morgan fingerprint density at radius 1 is 1.24 bits per heavy atom. The van der Waals surface area contributed by atoms with E-state index in [9.17, 15) is 14.7 Å². The van der Waals surface area contributed by atoms with Crippen LogP contribution in [0.1, 0.15) is 15.2 Å². The maximum absolute atomic E-state index is 11.7. The molecule has 0 saturated heterocycles. The topological polar surface area (TPSA) is 86.6 Å². The van der Waals surface area contributed by atoms with Gasteiger partial charge < -0.3 is 15.5 Å². The molecule has 0 bridgehead atoms. The molecule has 0 atom stereocenters. The SMILES string of the molecule is O=C(/C=C/c1ccc(Cl)s1)Nc1ccc(C(=O)O)c(O)c1. The first-order valence-corrected chi connectivity index (χ1v) is 6.96. The normalized spacial score (nSPS) is 10.7. The molecule has 1 amide bonds. The van der Waals surface area contributed by atoms with Crippen molar-refractivity contribution >= 4 is 46.6 Å². The molecule has 2 aromatic rings. The van der Waals surface area contributed by atoms with E-state index in [1.807, 2.05) is 0 Å². The number of phenols is 1. The number of aromatic carboxylic acids is 1. The van der Waals surface area contributed by atoms with Crippen molar-refractivity contribution in [2.24, 2.45) is 0 Å². The molecule has 5 nitrogen and oxygen atoms in total. The van der Waals surface area contributed by atoms with Crippen LogP contribution in [0.15, 0.2) is 36.4 Å². The Morgan fingerprint density at radius 3 is 2.57 bits per heavy atom. The maximum Gasteiger partial charge on any atom is 0.339 e. The average Bonchev–Trinajstić information content (AvgIpc) is 2.82. The summed E-state index contributed by atoms with van der Waals surface area (Å²) >= 11 is 7.11. The van der Waals surface area contributed by atoms with Crippen LogP contribution in [0.4, 0.5) is 5.69 Å². The highest BCUT2D eigenvalue weighted by molar-refractivity contribution is 7.17. The van der Waals surface area contributed by atoms with Gasteiger partial charge in [0.25, 0.3) is 0 Å². The smallest absolute Gasteiger partial charge is 0.339 e. The Hall–Kier alpha value is -2.31. The third kappa shape index (κ3) is 4.08. The summed E-state index contributed by atoms with van der Waals surface area (Å²) in [5.74, 6) is -2.05. The highest BCUT2D eigenvalue weighted by Gasteiger charge is 2.10. The van der Waals surface area contributed by atoms with Crippen LogP contribution in [-0.2, 0) is 4.79 Å². The number of hydrogen-bond acceptors (Lipinski definition) is 4. The molecule has 0 fully saturated rings. The number of carbonyl (C=O) groups excluding carboxylic acids is 1. The van der Waals surface area contributed by atoms with Gasteiger partial charge in [-0.25, -0.2) is 4.79 Å². The highest BCUT2D eigenvalue weighted by atomic mass is 35.5. The van der Waals surface area contributed by atoms with Crippen molar-refractivity contribution in [1.82, 2.24) is 0 Å². The van der Waals surface area contributed by atoms with Gasteiger partial charge in [-0.1, -0.05) is 11.6 Å². The molecule has 1 aromatic heterocycles. The number of nitrogens with one attached hydrogen (secondary N) is 1. The van der Waals surface area contributed by atoms with Crippen LogP contribution in [-0.4, -0.2) is 22.1 Å². The minimum atomic E-state index is -1.24. The van der Waals surface area contributed by atoms with Gasteiger partial charge in [-0.15, -0.1) is 11.3 Å². The van der Waals surface area contributed by atoms with Gasteiger partial charge in [-0.3, -0.25) is 4.79 Å². The van der Waals surface area contributed by atoms with Gasteiger partial charge in [0, 0.05) is 22.7 Å². The second kappa shape index (κ2) is 6.43. The predicted octanol–water partition coefficient (Wildman–Crippen LogP) is 3.46. The first kappa shape index (κ1) is 15.1. The fraction of sp³-hybridized carbons (Fsp3) is 0. The van der Waals surface area contributed by atoms with E-state index in [2.05, 4.69) is 5.32 Å². The van der Waals surface area contributed by atoms with Crippen LogP contribution in [0.3, 0.4) is 0 Å².